The van der Waals surface area contributed by atoms with Crippen molar-refractivity contribution in [3.05, 3.63) is 0 Å². The van der Waals surface area contributed by atoms with Crippen molar-refractivity contribution in [1.29, 1.82) is 0 Å². The summed E-state index contributed by atoms with van der Waals surface area (Å²) < 4.78 is 23.0. The second-order valence-electron chi connectivity index (χ2n) is 5.73. The zero-order valence-corrected chi connectivity index (χ0v) is 11.8. The summed E-state index contributed by atoms with van der Waals surface area (Å²) in [6.07, 6.45) is 4.96. The SMILES string of the molecule is C[C@@]1(NC(=O)N2CCCCCC2)CCS(=O)(=O)C1. The van der Waals surface area contributed by atoms with E-state index >= 15 is 0 Å². The number of amides is 2. The van der Waals surface area contributed by atoms with Gasteiger partial charge in [0, 0.05) is 13.1 Å². The molecule has 18 heavy (non-hydrogen) atoms. The van der Waals surface area contributed by atoms with Crippen LogP contribution in [0, 0.1) is 0 Å². The van der Waals surface area contributed by atoms with Crippen LogP contribution in [-0.2, 0) is 9.84 Å². The third-order valence-electron chi connectivity index (χ3n) is 3.81. The molecule has 0 radical (unpaired) electrons. The average molecular weight is 274 g/mol. The van der Waals surface area contributed by atoms with Crippen LogP contribution < -0.4 is 5.32 Å². The number of nitrogens with zero attached hydrogens (tertiary/aromatic N) is 1. The van der Waals surface area contributed by atoms with Crippen LogP contribution in [0.1, 0.15) is 39.0 Å². The Hall–Kier alpha value is -0.780. The van der Waals surface area contributed by atoms with E-state index in [0.29, 0.717) is 6.42 Å². The first kappa shape index (κ1) is 13.6. The molecule has 2 saturated heterocycles. The minimum atomic E-state index is -2.97. The summed E-state index contributed by atoms with van der Waals surface area (Å²) >= 11 is 0. The number of nitrogens with one attached hydrogen (secondary N) is 1. The van der Waals surface area contributed by atoms with Gasteiger partial charge < -0.3 is 10.2 Å². The molecule has 2 rings (SSSR count). The molecular weight excluding hydrogens is 252 g/mol. The van der Waals surface area contributed by atoms with Gasteiger partial charge in [-0.05, 0) is 26.2 Å². The molecule has 0 saturated carbocycles. The van der Waals surface area contributed by atoms with E-state index in [9.17, 15) is 13.2 Å². The van der Waals surface area contributed by atoms with Gasteiger partial charge in [-0.3, -0.25) is 0 Å². The fourth-order valence-electron chi connectivity index (χ4n) is 2.72. The lowest BCUT2D eigenvalue weighted by molar-refractivity contribution is 0.189. The number of carbonyl (C=O) groups excluding carboxylic acids is 1. The first-order chi connectivity index (χ1) is 8.40. The van der Waals surface area contributed by atoms with Crippen molar-refractivity contribution in [2.75, 3.05) is 24.6 Å². The van der Waals surface area contributed by atoms with Crippen LogP contribution in [0.2, 0.25) is 0 Å². The van der Waals surface area contributed by atoms with Crippen LogP contribution >= 0.6 is 0 Å². The summed E-state index contributed by atoms with van der Waals surface area (Å²) in [5, 5.41) is 2.92. The summed E-state index contributed by atoms with van der Waals surface area (Å²) in [7, 11) is -2.97. The first-order valence-corrected chi connectivity index (χ1v) is 8.50. The van der Waals surface area contributed by atoms with Gasteiger partial charge >= 0.3 is 6.03 Å². The lowest BCUT2D eigenvalue weighted by Crippen LogP contribution is -2.52. The predicted molar refractivity (Wildman–Crippen MR) is 70.2 cm³/mol. The molecule has 104 valence electrons. The van der Waals surface area contributed by atoms with Crippen molar-refractivity contribution in [2.45, 2.75) is 44.6 Å². The molecule has 2 heterocycles. The summed E-state index contributed by atoms with van der Waals surface area (Å²) in [5.41, 5.74) is -0.581. The molecule has 2 aliphatic heterocycles. The highest BCUT2D eigenvalue weighted by molar-refractivity contribution is 7.91. The predicted octanol–water partition coefficient (Wildman–Crippen LogP) is 1.15. The number of urea groups is 1. The smallest absolute Gasteiger partial charge is 0.317 e. The minimum Gasteiger partial charge on any atom is -0.332 e. The fourth-order valence-corrected chi connectivity index (χ4v) is 4.81. The standard InChI is InChI=1S/C12H22N2O3S/c1-12(6-9-18(16,17)10-12)13-11(15)14-7-4-2-3-5-8-14/h2-10H2,1H3,(H,13,15)/t12-/m1/s1. The number of likely N-dealkylation sites (tertiary alicyclic amines) is 1. The number of hydrogen-bond acceptors (Lipinski definition) is 3. The second kappa shape index (κ2) is 5.07. The molecule has 2 amide bonds. The van der Waals surface area contributed by atoms with E-state index in [1.165, 1.54) is 12.8 Å². The highest BCUT2D eigenvalue weighted by Gasteiger charge is 2.40. The molecule has 6 heteroatoms. The van der Waals surface area contributed by atoms with Gasteiger partial charge in [-0.2, -0.15) is 0 Å². The zero-order chi connectivity index (χ0) is 13.2. The van der Waals surface area contributed by atoms with Gasteiger partial charge in [0.05, 0.1) is 17.0 Å². The van der Waals surface area contributed by atoms with E-state index in [1.54, 1.807) is 0 Å². The zero-order valence-electron chi connectivity index (χ0n) is 10.9. The van der Waals surface area contributed by atoms with E-state index in [0.717, 1.165) is 25.9 Å². The summed E-state index contributed by atoms with van der Waals surface area (Å²) in [6, 6.07) is -0.100. The molecule has 0 bridgehead atoms. The van der Waals surface area contributed by atoms with Crippen molar-refractivity contribution in [2.24, 2.45) is 0 Å². The average Bonchev–Trinajstić information content (AvgIpc) is 2.49. The van der Waals surface area contributed by atoms with Gasteiger partial charge in [0.2, 0.25) is 0 Å². The van der Waals surface area contributed by atoms with Crippen LogP contribution in [0.4, 0.5) is 4.79 Å². The Morgan fingerprint density at radius 2 is 1.78 bits per heavy atom. The topological polar surface area (TPSA) is 66.5 Å². The number of rotatable bonds is 1. The van der Waals surface area contributed by atoms with Crippen LogP contribution in [-0.4, -0.2) is 49.5 Å². The Morgan fingerprint density at radius 1 is 1.17 bits per heavy atom. The van der Waals surface area contributed by atoms with Crippen molar-refractivity contribution in [3.8, 4) is 0 Å². The molecule has 5 nitrogen and oxygen atoms in total. The lowest BCUT2D eigenvalue weighted by Gasteiger charge is -2.29. The van der Waals surface area contributed by atoms with Crippen LogP contribution in [0.25, 0.3) is 0 Å². The highest BCUT2D eigenvalue weighted by Crippen LogP contribution is 2.23. The van der Waals surface area contributed by atoms with Gasteiger partial charge in [-0.15, -0.1) is 0 Å². The summed E-state index contributed by atoms with van der Waals surface area (Å²) in [4.78, 5) is 14.0. The van der Waals surface area contributed by atoms with Gasteiger partial charge in [0.1, 0.15) is 0 Å². The van der Waals surface area contributed by atoms with E-state index in [1.807, 2.05) is 11.8 Å². The second-order valence-corrected chi connectivity index (χ2v) is 7.92. The molecule has 0 aromatic heterocycles. The van der Waals surface area contributed by atoms with E-state index < -0.39 is 15.4 Å². The maximum absolute atomic E-state index is 12.1. The highest BCUT2D eigenvalue weighted by atomic mass is 32.2. The molecule has 0 unspecified atom stereocenters. The Kier molecular flexibility index (Phi) is 3.84. The fraction of sp³-hybridized carbons (Fsp3) is 0.917. The van der Waals surface area contributed by atoms with Crippen molar-refractivity contribution >= 4 is 15.9 Å². The number of hydrogen-bond donors (Lipinski definition) is 1. The molecule has 1 atom stereocenters. The molecule has 0 aromatic rings. The lowest BCUT2D eigenvalue weighted by atomic mass is 10.0. The largest absolute Gasteiger partial charge is 0.332 e. The van der Waals surface area contributed by atoms with Crippen LogP contribution in [0.15, 0.2) is 0 Å². The molecule has 0 aromatic carbocycles. The molecule has 2 aliphatic rings. The monoisotopic (exact) mass is 274 g/mol. The summed E-state index contributed by atoms with van der Waals surface area (Å²) in [5.74, 6) is 0.253. The Morgan fingerprint density at radius 3 is 2.28 bits per heavy atom. The maximum atomic E-state index is 12.1. The Balaban J connectivity index is 1.94. The molecule has 0 spiro atoms. The van der Waals surface area contributed by atoms with Gasteiger partial charge in [-0.1, -0.05) is 12.8 Å². The van der Waals surface area contributed by atoms with E-state index in [2.05, 4.69) is 5.32 Å². The van der Waals surface area contributed by atoms with Crippen molar-refractivity contribution < 1.29 is 13.2 Å². The quantitative estimate of drug-likeness (QED) is 0.780. The third kappa shape index (κ3) is 3.37. The first-order valence-electron chi connectivity index (χ1n) is 6.68. The van der Waals surface area contributed by atoms with Crippen LogP contribution in [0.5, 0.6) is 0 Å². The van der Waals surface area contributed by atoms with Crippen LogP contribution in [0.3, 0.4) is 0 Å². The minimum absolute atomic E-state index is 0.0690. The van der Waals surface area contributed by atoms with E-state index in [-0.39, 0.29) is 17.5 Å². The molecular formula is C12H22N2O3S. The molecule has 1 N–H and O–H groups in total. The third-order valence-corrected chi connectivity index (χ3v) is 5.71. The summed E-state index contributed by atoms with van der Waals surface area (Å²) in [6.45, 7) is 3.40. The Labute approximate surface area is 109 Å². The van der Waals surface area contributed by atoms with E-state index in [4.69, 9.17) is 0 Å². The van der Waals surface area contributed by atoms with Gasteiger partial charge in [-0.25, -0.2) is 13.2 Å². The normalized spacial score (nSPS) is 31.9. The van der Waals surface area contributed by atoms with Crippen molar-refractivity contribution in [3.63, 3.8) is 0 Å². The molecule has 2 fully saturated rings. The Bertz CT molecular complexity index is 413. The molecule has 0 aliphatic carbocycles. The van der Waals surface area contributed by atoms with Gasteiger partial charge in [0.25, 0.3) is 0 Å². The number of carbonyl (C=O) groups is 1. The number of sulfone groups is 1. The van der Waals surface area contributed by atoms with Gasteiger partial charge in [0.15, 0.2) is 9.84 Å². The van der Waals surface area contributed by atoms with Crippen molar-refractivity contribution in [1.82, 2.24) is 10.2 Å². The maximum Gasteiger partial charge on any atom is 0.317 e.